The molecule has 3 heteroatoms. The fourth-order valence-corrected chi connectivity index (χ4v) is 3.84. The molecule has 1 amide bonds. The van der Waals surface area contributed by atoms with Gasteiger partial charge in [0.05, 0.1) is 6.42 Å². The maximum Gasteiger partial charge on any atom is 0.224 e. The fraction of sp³-hybridized carbons (Fsp3) is 0.562. The Bertz CT molecular complexity index is 431. The average molecular weight is 258 g/mol. The minimum absolute atomic E-state index is 0.153. The topological polar surface area (TPSA) is 55.1 Å². The van der Waals surface area contributed by atoms with Gasteiger partial charge in [-0.1, -0.05) is 30.3 Å². The van der Waals surface area contributed by atoms with E-state index in [1.807, 2.05) is 30.3 Å². The molecule has 3 N–H and O–H groups in total. The number of fused-ring (bicyclic) bond motifs is 1. The molecule has 1 aromatic rings. The zero-order chi connectivity index (χ0) is 13.2. The summed E-state index contributed by atoms with van der Waals surface area (Å²) in [5.41, 5.74) is 7.07. The predicted octanol–water partition coefficient (Wildman–Crippen LogP) is 1.86. The Hall–Kier alpha value is -1.35. The summed E-state index contributed by atoms with van der Waals surface area (Å²) in [6, 6.07) is 10.7. The maximum absolute atomic E-state index is 12.0. The number of carbonyl (C=O) groups excluding carboxylic acids is 1. The smallest absolute Gasteiger partial charge is 0.224 e. The first-order valence-corrected chi connectivity index (χ1v) is 7.29. The number of amides is 1. The molecule has 2 fully saturated rings. The number of nitrogens with one attached hydrogen (secondary N) is 1. The van der Waals surface area contributed by atoms with Crippen LogP contribution in [0.4, 0.5) is 0 Å². The third kappa shape index (κ3) is 2.98. The molecule has 0 spiro atoms. The van der Waals surface area contributed by atoms with Crippen molar-refractivity contribution in [2.75, 3.05) is 0 Å². The maximum atomic E-state index is 12.0. The van der Waals surface area contributed by atoms with Crippen molar-refractivity contribution in [2.24, 2.45) is 17.6 Å². The molecule has 2 aliphatic carbocycles. The first-order valence-electron chi connectivity index (χ1n) is 7.29. The van der Waals surface area contributed by atoms with E-state index < -0.39 is 0 Å². The van der Waals surface area contributed by atoms with Crippen LogP contribution in [0.2, 0.25) is 0 Å². The van der Waals surface area contributed by atoms with Crippen LogP contribution in [0, 0.1) is 11.8 Å². The fourth-order valence-electron chi connectivity index (χ4n) is 3.84. The Kier molecular flexibility index (Phi) is 3.56. The summed E-state index contributed by atoms with van der Waals surface area (Å²) in [6.07, 6.45) is 5.04. The highest BCUT2D eigenvalue weighted by molar-refractivity contribution is 5.78. The number of nitrogens with two attached hydrogens (primary N) is 1. The normalized spacial score (nSPS) is 33.1. The van der Waals surface area contributed by atoms with E-state index in [9.17, 15) is 4.79 Å². The van der Waals surface area contributed by atoms with Crippen molar-refractivity contribution in [2.45, 2.75) is 44.2 Å². The molecule has 3 rings (SSSR count). The van der Waals surface area contributed by atoms with Gasteiger partial charge >= 0.3 is 0 Å². The van der Waals surface area contributed by atoms with E-state index in [1.165, 1.54) is 0 Å². The van der Waals surface area contributed by atoms with Gasteiger partial charge in [0, 0.05) is 12.1 Å². The van der Waals surface area contributed by atoms with E-state index in [2.05, 4.69) is 5.32 Å². The van der Waals surface area contributed by atoms with E-state index in [-0.39, 0.29) is 5.91 Å². The second-order valence-corrected chi connectivity index (χ2v) is 6.15. The summed E-state index contributed by atoms with van der Waals surface area (Å²) >= 11 is 0. The molecule has 2 atom stereocenters. The van der Waals surface area contributed by atoms with Crippen molar-refractivity contribution in [1.29, 1.82) is 0 Å². The molecule has 0 bridgehead atoms. The Labute approximate surface area is 114 Å². The largest absolute Gasteiger partial charge is 0.353 e. The molecule has 19 heavy (non-hydrogen) atoms. The molecule has 2 aliphatic rings. The summed E-state index contributed by atoms with van der Waals surface area (Å²) in [5.74, 6) is 1.65. The van der Waals surface area contributed by atoms with Crippen molar-refractivity contribution < 1.29 is 4.79 Å². The van der Waals surface area contributed by atoms with Crippen LogP contribution >= 0.6 is 0 Å². The Balaban J connectivity index is 1.49. The molecule has 2 saturated carbocycles. The molecular formula is C16H22N2O. The molecule has 0 saturated heterocycles. The van der Waals surface area contributed by atoms with Crippen LogP contribution in [0.15, 0.2) is 30.3 Å². The van der Waals surface area contributed by atoms with Crippen LogP contribution in [0.1, 0.15) is 31.2 Å². The third-order valence-electron chi connectivity index (χ3n) is 4.62. The van der Waals surface area contributed by atoms with Crippen LogP contribution in [0.5, 0.6) is 0 Å². The molecule has 102 valence electrons. The second kappa shape index (κ2) is 5.33. The summed E-state index contributed by atoms with van der Waals surface area (Å²) in [6.45, 7) is 0. The van der Waals surface area contributed by atoms with Crippen molar-refractivity contribution in [3.63, 3.8) is 0 Å². The lowest BCUT2D eigenvalue weighted by Crippen LogP contribution is -2.35. The molecule has 0 heterocycles. The van der Waals surface area contributed by atoms with E-state index in [0.717, 1.165) is 43.1 Å². The summed E-state index contributed by atoms with van der Waals surface area (Å²) < 4.78 is 0. The molecule has 3 nitrogen and oxygen atoms in total. The van der Waals surface area contributed by atoms with Gasteiger partial charge in [0.15, 0.2) is 0 Å². The third-order valence-corrected chi connectivity index (χ3v) is 4.62. The summed E-state index contributed by atoms with van der Waals surface area (Å²) in [7, 11) is 0. The SMILES string of the molecule is NC1CC2CC(NC(=O)Cc3ccccc3)CC2C1. The highest BCUT2D eigenvalue weighted by atomic mass is 16.1. The van der Waals surface area contributed by atoms with Crippen LogP contribution in [0.25, 0.3) is 0 Å². The van der Waals surface area contributed by atoms with Crippen LogP contribution in [0.3, 0.4) is 0 Å². The van der Waals surface area contributed by atoms with Crippen molar-refractivity contribution in [3.05, 3.63) is 35.9 Å². The minimum atomic E-state index is 0.153. The van der Waals surface area contributed by atoms with Gasteiger partial charge in [-0.15, -0.1) is 0 Å². The van der Waals surface area contributed by atoms with E-state index >= 15 is 0 Å². The standard InChI is InChI=1S/C16H22N2O/c17-14-7-12-9-15(10-13(12)8-14)18-16(19)6-11-4-2-1-3-5-11/h1-5,12-15H,6-10,17H2,(H,18,19). The summed E-state index contributed by atoms with van der Waals surface area (Å²) in [5, 5.41) is 3.19. The summed E-state index contributed by atoms with van der Waals surface area (Å²) in [4.78, 5) is 12.0. The monoisotopic (exact) mass is 258 g/mol. The average Bonchev–Trinajstić information content (AvgIpc) is 2.86. The molecule has 0 aliphatic heterocycles. The highest BCUT2D eigenvalue weighted by Gasteiger charge is 2.40. The molecule has 0 radical (unpaired) electrons. The van der Waals surface area contributed by atoms with Gasteiger partial charge in [-0.25, -0.2) is 0 Å². The number of hydrogen-bond acceptors (Lipinski definition) is 2. The first kappa shape index (κ1) is 12.7. The number of hydrogen-bond donors (Lipinski definition) is 2. The van der Waals surface area contributed by atoms with Crippen molar-refractivity contribution in [1.82, 2.24) is 5.32 Å². The van der Waals surface area contributed by atoms with Crippen molar-refractivity contribution in [3.8, 4) is 0 Å². The Morgan fingerprint density at radius 3 is 2.37 bits per heavy atom. The minimum Gasteiger partial charge on any atom is -0.353 e. The molecule has 1 aromatic carbocycles. The van der Waals surface area contributed by atoms with Crippen molar-refractivity contribution >= 4 is 5.91 Å². The van der Waals surface area contributed by atoms with Gasteiger partial charge in [0.2, 0.25) is 5.91 Å². The lowest BCUT2D eigenvalue weighted by atomic mass is 10.0. The predicted molar refractivity (Wildman–Crippen MR) is 75.5 cm³/mol. The second-order valence-electron chi connectivity index (χ2n) is 6.15. The lowest BCUT2D eigenvalue weighted by Gasteiger charge is -2.14. The molecular weight excluding hydrogens is 236 g/mol. The van der Waals surface area contributed by atoms with E-state index in [0.29, 0.717) is 18.5 Å². The van der Waals surface area contributed by atoms with Gasteiger partial charge < -0.3 is 11.1 Å². The Morgan fingerprint density at radius 1 is 1.11 bits per heavy atom. The molecule has 2 unspecified atom stereocenters. The van der Waals surface area contributed by atoms with Crippen LogP contribution in [-0.4, -0.2) is 18.0 Å². The first-order chi connectivity index (χ1) is 9.20. The van der Waals surface area contributed by atoms with Gasteiger partial charge in [0.1, 0.15) is 0 Å². The van der Waals surface area contributed by atoms with Gasteiger partial charge in [-0.2, -0.15) is 0 Å². The van der Waals surface area contributed by atoms with Crippen LogP contribution < -0.4 is 11.1 Å². The van der Waals surface area contributed by atoms with Gasteiger partial charge in [-0.3, -0.25) is 4.79 Å². The van der Waals surface area contributed by atoms with Gasteiger partial charge in [-0.05, 0) is 43.1 Å². The van der Waals surface area contributed by atoms with E-state index in [1.54, 1.807) is 0 Å². The molecule has 0 aromatic heterocycles. The van der Waals surface area contributed by atoms with E-state index in [4.69, 9.17) is 5.73 Å². The number of benzene rings is 1. The van der Waals surface area contributed by atoms with Crippen LogP contribution in [-0.2, 0) is 11.2 Å². The zero-order valence-corrected chi connectivity index (χ0v) is 11.2. The quantitative estimate of drug-likeness (QED) is 0.869. The highest BCUT2D eigenvalue weighted by Crippen LogP contribution is 2.43. The van der Waals surface area contributed by atoms with Gasteiger partial charge in [0.25, 0.3) is 0 Å². The number of rotatable bonds is 3. The zero-order valence-electron chi connectivity index (χ0n) is 11.2. The number of carbonyl (C=O) groups is 1. The lowest BCUT2D eigenvalue weighted by molar-refractivity contribution is -0.121. The Morgan fingerprint density at radius 2 is 1.74 bits per heavy atom.